The summed E-state index contributed by atoms with van der Waals surface area (Å²) >= 11 is 0. The van der Waals surface area contributed by atoms with Crippen molar-refractivity contribution in [1.82, 2.24) is 14.0 Å². The van der Waals surface area contributed by atoms with Crippen LogP contribution < -0.4 is 5.56 Å². The molecule has 0 radical (unpaired) electrons. The predicted octanol–water partition coefficient (Wildman–Crippen LogP) is 3.87. The molecule has 2 aliphatic rings. The summed E-state index contributed by atoms with van der Waals surface area (Å²) in [6, 6.07) is 11.7. The number of aryl methyl sites for hydroxylation is 1. The van der Waals surface area contributed by atoms with Gasteiger partial charge in [-0.1, -0.05) is 18.2 Å². The van der Waals surface area contributed by atoms with Gasteiger partial charge in [0.15, 0.2) is 0 Å². The summed E-state index contributed by atoms with van der Waals surface area (Å²) in [5.41, 5.74) is 2.27. The van der Waals surface area contributed by atoms with E-state index in [0.29, 0.717) is 38.5 Å². The number of carbonyl (C=O) groups is 1. The third kappa shape index (κ3) is 3.73. The first kappa shape index (κ1) is 21.4. The fourth-order valence-electron chi connectivity index (χ4n) is 5.58. The monoisotopic (exact) mass is 448 g/mol. The third-order valence-electron chi connectivity index (χ3n) is 7.12. The smallest absolute Gasteiger partial charge is 0.334 e. The normalized spacial score (nSPS) is 19.7. The van der Waals surface area contributed by atoms with Gasteiger partial charge in [0.1, 0.15) is 0 Å². The quantitative estimate of drug-likeness (QED) is 0.438. The van der Waals surface area contributed by atoms with Crippen molar-refractivity contribution in [3.8, 4) is 0 Å². The SMILES string of the molecule is CC(C)n1cc(CCC(=O)N2C[C@@H]3C[C@@H](C2)c2ccc([N+](=O)[O-])c(=O)n2C3)c2ccccc21. The molecule has 0 aliphatic carbocycles. The van der Waals surface area contributed by atoms with E-state index in [1.807, 2.05) is 17.0 Å². The molecule has 1 aromatic carbocycles. The number of aromatic nitrogens is 2. The van der Waals surface area contributed by atoms with E-state index in [4.69, 9.17) is 0 Å². The number of carbonyl (C=O) groups excluding carboxylic acids is 1. The Bertz CT molecular complexity index is 1310. The molecule has 8 nitrogen and oxygen atoms in total. The van der Waals surface area contributed by atoms with E-state index >= 15 is 0 Å². The van der Waals surface area contributed by atoms with Gasteiger partial charge < -0.3 is 14.0 Å². The van der Waals surface area contributed by atoms with Crippen LogP contribution in [-0.4, -0.2) is 38.0 Å². The van der Waals surface area contributed by atoms with E-state index in [0.717, 1.165) is 12.1 Å². The third-order valence-corrected chi connectivity index (χ3v) is 7.12. The van der Waals surface area contributed by atoms with Crippen LogP contribution in [0, 0.1) is 16.0 Å². The fraction of sp³-hybridized carbons (Fsp3) is 0.440. The highest BCUT2D eigenvalue weighted by Gasteiger charge is 2.37. The number of rotatable bonds is 5. The van der Waals surface area contributed by atoms with Crippen LogP contribution in [0.25, 0.3) is 10.9 Å². The first-order chi connectivity index (χ1) is 15.8. The van der Waals surface area contributed by atoms with Gasteiger partial charge in [-0.25, -0.2) is 0 Å². The number of piperidine rings is 1. The second-order valence-corrected chi connectivity index (χ2v) is 9.59. The Morgan fingerprint density at radius 2 is 1.94 bits per heavy atom. The average Bonchev–Trinajstić information content (AvgIpc) is 3.17. The van der Waals surface area contributed by atoms with Crippen LogP contribution in [0.2, 0.25) is 0 Å². The number of pyridine rings is 1. The Kier molecular flexibility index (Phi) is 5.31. The number of amides is 1. The molecule has 33 heavy (non-hydrogen) atoms. The molecule has 5 rings (SSSR count). The molecule has 1 amide bonds. The van der Waals surface area contributed by atoms with Crippen molar-refractivity contribution in [3.63, 3.8) is 0 Å². The molecule has 1 saturated heterocycles. The van der Waals surface area contributed by atoms with Crippen LogP contribution in [0.15, 0.2) is 47.4 Å². The molecule has 0 spiro atoms. The van der Waals surface area contributed by atoms with Crippen molar-refractivity contribution in [1.29, 1.82) is 0 Å². The molecule has 8 heteroatoms. The van der Waals surface area contributed by atoms with Gasteiger partial charge in [0.05, 0.1) is 4.92 Å². The predicted molar refractivity (Wildman–Crippen MR) is 125 cm³/mol. The number of hydrogen-bond donors (Lipinski definition) is 0. The standard InChI is InChI=1S/C25H28N4O4/c1-16(2)27-15-18(20-5-3-4-6-22(20)27)7-10-24(30)26-12-17-11-19(14-26)21-8-9-23(29(32)33)25(31)28(21)13-17/h3-6,8-9,15-17,19H,7,10-14H2,1-2H3/t17-,19-/m0/s1. The molecule has 2 bridgehead atoms. The molecular formula is C25H28N4O4. The maximum Gasteiger partial charge on any atom is 0.334 e. The van der Waals surface area contributed by atoms with E-state index in [-0.39, 0.29) is 23.4 Å². The zero-order valence-electron chi connectivity index (χ0n) is 18.9. The number of fused-ring (bicyclic) bond motifs is 5. The van der Waals surface area contributed by atoms with Gasteiger partial charge in [-0.15, -0.1) is 0 Å². The molecule has 3 aromatic rings. The molecular weight excluding hydrogens is 420 g/mol. The van der Waals surface area contributed by atoms with Gasteiger partial charge in [-0.2, -0.15) is 0 Å². The average molecular weight is 449 g/mol. The Hall–Kier alpha value is -3.42. The lowest BCUT2D eigenvalue weighted by Gasteiger charge is -2.42. The highest BCUT2D eigenvalue weighted by molar-refractivity contribution is 5.85. The Morgan fingerprint density at radius 3 is 2.70 bits per heavy atom. The number of para-hydroxylation sites is 1. The minimum atomic E-state index is -0.619. The van der Waals surface area contributed by atoms with E-state index < -0.39 is 10.5 Å². The maximum atomic E-state index is 13.2. The zero-order chi connectivity index (χ0) is 23.3. The molecule has 2 atom stereocenters. The topological polar surface area (TPSA) is 90.4 Å². The van der Waals surface area contributed by atoms with Crippen LogP contribution in [0.3, 0.4) is 0 Å². The summed E-state index contributed by atoms with van der Waals surface area (Å²) < 4.78 is 3.81. The number of nitro groups is 1. The molecule has 4 heterocycles. The van der Waals surface area contributed by atoms with E-state index in [9.17, 15) is 19.7 Å². The highest BCUT2D eigenvalue weighted by Crippen LogP contribution is 2.36. The largest absolute Gasteiger partial charge is 0.345 e. The van der Waals surface area contributed by atoms with Crippen LogP contribution in [0.4, 0.5) is 5.69 Å². The van der Waals surface area contributed by atoms with Crippen molar-refractivity contribution >= 4 is 22.5 Å². The van der Waals surface area contributed by atoms with Crippen molar-refractivity contribution < 1.29 is 9.72 Å². The van der Waals surface area contributed by atoms with E-state index in [2.05, 4.69) is 36.7 Å². The Balaban J connectivity index is 1.32. The van der Waals surface area contributed by atoms with E-state index in [1.165, 1.54) is 22.5 Å². The highest BCUT2D eigenvalue weighted by atomic mass is 16.6. The van der Waals surface area contributed by atoms with E-state index in [1.54, 1.807) is 10.6 Å². The minimum Gasteiger partial charge on any atom is -0.345 e. The second kappa shape index (κ2) is 8.17. The van der Waals surface area contributed by atoms with Gasteiger partial charge in [-0.3, -0.25) is 19.7 Å². The lowest BCUT2D eigenvalue weighted by Crippen LogP contribution is -2.49. The van der Waals surface area contributed by atoms with Crippen LogP contribution in [0.5, 0.6) is 0 Å². The van der Waals surface area contributed by atoms with Crippen molar-refractivity contribution in [2.75, 3.05) is 13.1 Å². The van der Waals surface area contributed by atoms with Crippen molar-refractivity contribution in [3.05, 3.63) is 74.3 Å². The first-order valence-corrected chi connectivity index (χ1v) is 11.6. The van der Waals surface area contributed by atoms with Crippen molar-refractivity contribution in [2.45, 2.75) is 51.6 Å². The zero-order valence-corrected chi connectivity index (χ0v) is 18.9. The summed E-state index contributed by atoms with van der Waals surface area (Å²) in [5, 5.41) is 12.3. The molecule has 172 valence electrons. The first-order valence-electron chi connectivity index (χ1n) is 11.6. The lowest BCUT2D eigenvalue weighted by molar-refractivity contribution is -0.386. The van der Waals surface area contributed by atoms with Crippen molar-refractivity contribution in [2.24, 2.45) is 5.92 Å². The van der Waals surface area contributed by atoms with Gasteiger partial charge in [0.2, 0.25) is 5.91 Å². The summed E-state index contributed by atoms with van der Waals surface area (Å²) in [6.45, 7) is 5.90. The summed E-state index contributed by atoms with van der Waals surface area (Å²) in [7, 11) is 0. The lowest BCUT2D eigenvalue weighted by atomic mass is 9.83. The number of hydrogen-bond acceptors (Lipinski definition) is 4. The molecule has 1 fully saturated rings. The van der Waals surface area contributed by atoms with Crippen LogP contribution >= 0.6 is 0 Å². The number of likely N-dealkylation sites (tertiary alicyclic amines) is 1. The molecule has 0 unspecified atom stereocenters. The molecule has 2 aromatic heterocycles. The Morgan fingerprint density at radius 1 is 1.15 bits per heavy atom. The van der Waals surface area contributed by atoms with Gasteiger partial charge in [0, 0.05) is 66.9 Å². The van der Waals surface area contributed by atoms with Crippen LogP contribution in [0.1, 0.15) is 49.9 Å². The Labute approximate surface area is 191 Å². The molecule has 0 N–H and O–H groups in total. The van der Waals surface area contributed by atoms with Crippen LogP contribution in [-0.2, 0) is 17.8 Å². The number of nitrogens with zero attached hydrogens (tertiary/aromatic N) is 4. The van der Waals surface area contributed by atoms with Gasteiger partial charge in [0.25, 0.3) is 0 Å². The number of benzene rings is 1. The summed E-state index contributed by atoms with van der Waals surface area (Å²) in [5.74, 6) is 0.310. The molecule has 2 aliphatic heterocycles. The minimum absolute atomic E-state index is 0.0396. The maximum absolute atomic E-state index is 13.2. The summed E-state index contributed by atoms with van der Waals surface area (Å²) in [4.78, 5) is 38.2. The summed E-state index contributed by atoms with van der Waals surface area (Å²) in [6.07, 6.45) is 4.21. The fourth-order valence-corrected chi connectivity index (χ4v) is 5.58. The van der Waals surface area contributed by atoms with Gasteiger partial charge in [-0.05, 0) is 50.3 Å². The second-order valence-electron chi connectivity index (χ2n) is 9.59. The van der Waals surface area contributed by atoms with Gasteiger partial charge >= 0.3 is 11.2 Å². The molecule has 0 saturated carbocycles.